The lowest BCUT2D eigenvalue weighted by molar-refractivity contribution is -0.119. The van der Waals surface area contributed by atoms with Crippen LogP contribution in [0.2, 0.25) is 0 Å². The van der Waals surface area contributed by atoms with E-state index < -0.39 is 0 Å². The Morgan fingerprint density at radius 3 is 3.00 bits per heavy atom. The Morgan fingerprint density at radius 1 is 1.26 bits per heavy atom. The third kappa shape index (κ3) is 3.49. The summed E-state index contributed by atoms with van der Waals surface area (Å²) in [6, 6.07) is 13.5. The van der Waals surface area contributed by atoms with Gasteiger partial charge in [-0.25, -0.2) is 4.98 Å². The quantitative estimate of drug-likeness (QED) is 0.942. The highest BCUT2D eigenvalue weighted by molar-refractivity contribution is 5.94. The lowest BCUT2D eigenvalue weighted by atomic mass is 10.1. The second-order valence-corrected chi connectivity index (χ2v) is 5.54. The van der Waals surface area contributed by atoms with Crippen LogP contribution in [0.3, 0.4) is 0 Å². The van der Waals surface area contributed by atoms with E-state index in [4.69, 9.17) is 5.26 Å². The molecule has 2 heterocycles. The summed E-state index contributed by atoms with van der Waals surface area (Å²) in [6.07, 6.45) is 4.31. The minimum atomic E-state index is 0.192. The third-order valence-electron chi connectivity index (χ3n) is 3.93. The molecule has 23 heavy (non-hydrogen) atoms. The highest BCUT2D eigenvalue weighted by Crippen LogP contribution is 2.22. The molecule has 2 aromatic rings. The maximum absolute atomic E-state index is 12.0. The number of anilines is 2. The van der Waals surface area contributed by atoms with Gasteiger partial charge in [0, 0.05) is 31.4 Å². The average Bonchev–Trinajstić information content (AvgIpc) is 2.61. The van der Waals surface area contributed by atoms with Crippen LogP contribution >= 0.6 is 0 Å². The monoisotopic (exact) mass is 306 g/mol. The number of amides is 1. The van der Waals surface area contributed by atoms with E-state index in [1.54, 1.807) is 18.3 Å². The predicted octanol–water partition coefficient (Wildman–Crippen LogP) is 3.08. The van der Waals surface area contributed by atoms with E-state index >= 15 is 0 Å². The van der Waals surface area contributed by atoms with Crippen LogP contribution in [0.15, 0.2) is 42.6 Å². The first kappa shape index (κ1) is 15.0. The standard InChI is InChI=1S/C18H18N4O/c19-12-15-6-4-9-20-18(15)21-13-14-5-3-7-16(11-14)22-10-2-1-8-17(22)23/h3-7,9,11H,1-2,8,10,13H2,(H,20,21). The Labute approximate surface area is 135 Å². The summed E-state index contributed by atoms with van der Waals surface area (Å²) in [4.78, 5) is 18.1. The second-order valence-electron chi connectivity index (χ2n) is 5.54. The molecule has 0 bridgehead atoms. The number of piperidine rings is 1. The number of nitrogens with zero attached hydrogens (tertiary/aromatic N) is 3. The Balaban J connectivity index is 1.73. The second kappa shape index (κ2) is 6.93. The molecule has 3 rings (SSSR count). The highest BCUT2D eigenvalue weighted by Gasteiger charge is 2.19. The fourth-order valence-corrected chi connectivity index (χ4v) is 2.74. The molecule has 5 heteroatoms. The van der Waals surface area contributed by atoms with E-state index in [-0.39, 0.29) is 5.91 Å². The predicted molar refractivity (Wildman–Crippen MR) is 88.9 cm³/mol. The lowest BCUT2D eigenvalue weighted by Crippen LogP contribution is -2.35. The van der Waals surface area contributed by atoms with Gasteiger partial charge in [-0.05, 0) is 42.7 Å². The molecule has 0 spiro atoms. The van der Waals surface area contributed by atoms with Crippen LogP contribution in [0.5, 0.6) is 0 Å². The summed E-state index contributed by atoms with van der Waals surface area (Å²) in [5, 5.41) is 12.3. The van der Waals surface area contributed by atoms with Crippen LogP contribution in [-0.4, -0.2) is 17.4 Å². The number of hydrogen-bond acceptors (Lipinski definition) is 4. The van der Waals surface area contributed by atoms with Crippen molar-refractivity contribution in [2.24, 2.45) is 0 Å². The number of carbonyl (C=O) groups is 1. The van der Waals surface area contributed by atoms with Crippen molar-refractivity contribution in [3.8, 4) is 6.07 Å². The van der Waals surface area contributed by atoms with Crippen molar-refractivity contribution in [1.29, 1.82) is 5.26 Å². The van der Waals surface area contributed by atoms with Crippen molar-refractivity contribution in [2.75, 3.05) is 16.8 Å². The molecule has 0 aliphatic carbocycles. The highest BCUT2D eigenvalue weighted by atomic mass is 16.2. The zero-order chi connectivity index (χ0) is 16.1. The summed E-state index contributed by atoms with van der Waals surface area (Å²) in [5.41, 5.74) is 2.51. The van der Waals surface area contributed by atoms with Crippen molar-refractivity contribution < 1.29 is 4.79 Å². The number of hydrogen-bond donors (Lipinski definition) is 1. The molecule has 1 amide bonds. The number of nitrogens with one attached hydrogen (secondary N) is 1. The van der Waals surface area contributed by atoms with Crippen molar-refractivity contribution in [3.63, 3.8) is 0 Å². The van der Waals surface area contributed by atoms with Crippen molar-refractivity contribution in [3.05, 3.63) is 53.7 Å². The van der Waals surface area contributed by atoms with Crippen molar-refractivity contribution >= 4 is 17.4 Å². The van der Waals surface area contributed by atoms with E-state index in [1.807, 2.05) is 29.2 Å². The van der Waals surface area contributed by atoms with E-state index in [1.165, 1.54) is 0 Å². The molecule has 1 aliphatic rings. The Morgan fingerprint density at radius 2 is 2.17 bits per heavy atom. The van der Waals surface area contributed by atoms with Crippen LogP contribution < -0.4 is 10.2 Å². The fraction of sp³-hybridized carbons (Fsp3) is 0.278. The lowest BCUT2D eigenvalue weighted by Gasteiger charge is -2.27. The van der Waals surface area contributed by atoms with Crippen LogP contribution in [0.4, 0.5) is 11.5 Å². The summed E-state index contributed by atoms with van der Waals surface area (Å²) in [7, 11) is 0. The van der Waals surface area contributed by atoms with Crippen LogP contribution in [0, 0.1) is 11.3 Å². The van der Waals surface area contributed by atoms with Gasteiger partial charge in [0.25, 0.3) is 0 Å². The van der Waals surface area contributed by atoms with Gasteiger partial charge in [0.2, 0.25) is 5.91 Å². The van der Waals surface area contributed by atoms with Crippen molar-refractivity contribution in [1.82, 2.24) is 4.98 Å². The molecule has 0 unspecified atom stereocenters. The van der Waals surface area contributed by atoms with Gasteiger partial charge in [0.1, 0.15) is 11.9 Å². The molecular weight excluding hydrogens is 288 g/mol. The van der Waals surface area contributed by atoms with Gasteiger partial charge in [0.05, 0.1) is 5.56 Å². The molecule has 1 aliphatic heterocycles. The van der Waals surface area contributed by atoms with Crippen molar-refractivity contribution in [2.45, 2.75) is 25.8 Å². The molecule has 0 radical (unpaired) electrons. The number of benzene rings is 1. The Kier molecular flexibility index (Phi) is 4.53. The molecule has 1 fully saturated rings. The first-order valence-corrected chi connectivity index (χ1v) is 7.76. The molecule has 1 N–H and O–H groups in total. The molecule has 1 aromatic heterocycles. The number of rotatable bonds is 4. The molecular formula is C18H18N4O. The van der Waals surface area contributed by atoms with Crippen LogP contribution in [0.1, 0.15) is 30.4 Å². The van der Waals surface area contributed by atoms with Gasteiger partial charge in [-0.2, -0.15) is 5.26 Å². The zero-order valence-corrected chi connectivity index (χ0v) is 12.8. The molecule has 0 atom stereocenters. The third-order valence-corrected chi connectivity index (χ3v) is 3.93. The van der Waals surface area contributed by atoms with Gasteiger partial charge >= 0.3 is 0 Å². The minimum absolute atomic E-state index is 0.192. The molecule has 1 saturated heterocycles. The van der Waals surface area contributed by atoms with Gasteiger partial charge in [0.15, 0.2) is 0 Å². The normalized spacial score (nSPS) is 14.4. The molecule has 1 aromatic carbocycles. The van der Waals surface area contributed by atoms with E-state index in [9.17, 15) is 4.79 Å². The summed E-state index contributed by atoms with van der Waals surface area (Å²) in [6.45, 7) is 1.34. The fourth-order valence-electron chi connectivity index (χ4n) is 2.74. The smallest absolute Gasteiger partial charge is 0.226 e. The zero-order valence-electron chi connectivity index (χ0n) is 12.8. The number of aromatic nitrogens is 1. The van der Waals surface area contributed by atoms with E-state index in [0.717, 1.165) is 30.6 Å². The maximum Gasteiger partial charge on any atom is 0.226 e. The van der Waals surface area contributed by atoms with Gasteiger partial charge in [-0.1, -0.05) is 12.1 Å². The number of carbonyl (C=O) groups excluding carboxylic acids is 1. The first-order valence-electron chi connectivity index (χ1n) is 7.76. The van der Waals surface area contributed by atoms with Crippen LogP contribution in [0.25, 0.3) is 0 Å². The van der Waals surface area contributed by atoms with E-state index in [0.29, 0.717) is 24.3 Å². The molecule has 5 nitrogen and oxygen atoms in total. The number of nitriles is 1. The summed E-state index contributed by atoms with van der Waals surface area (Å²) >= 11 is 0. The SMILES string of the molecule is N#Cc1cccnc1NCc1cccc(N2CCCCC2=O)c1. The van der Waals surface area contributed by atoms with Gasteiger partial charge in [-0.15, -0.1) is 0 Å². The van der Waals surface area contributed by atoms with Crippen LogP contribution in [-0.2, 0) is 11.3 Å². The topological polar surface area (TPSA) is 69.0 Å². The largest absolute Gasteiger partial charge is 0.365 e. The first-order chi connectivity index (χ1) is 11.3. The van der Waals surface area contributed by atoms with Gasteiger partial charge < -0.3 is 10.2 Å². The van der Waals surface area contributed by atoms with Gasteiger partial charge in [-0.3, -0.25) is 4.79 Å². The summed E-state index contributed by atoms with van der Waals surface area (Å²) in [5.74, 6) is 0.771. The molecule has 116 valence electrons. The van der Waals surface area contributed by atoms with E-state index in [2.05, 4.69) is 16.4 Å². The average molecular weight is 306 g/mol. The maximum atomic E-state index is 12.0. The Hall–Kier alpha value is -2.87. The molecule has 0 saturated carbocycles. The Bertz CT molecular complexity index is 751. The number of pyridine rings is 1. The minimum Gasteiger partial charge on any atom is -0.365 e. The summed E-state index contributed by atoms with van der Waals surface area (Å²) < 4.78 is 0.